The van der Waals surface area contributed by atoms with Gasteiger partial charge in [0.1, 0.15) is 5.75 Å². The first-order valence-corrected chi connectivity index (χ1v) is 6.28. The first-order chi connectivity index (χ1) is 9.76. The number of hydrogen-bond donors (Lipinski definition) is 2. The Bertz CT molecular complexity index is 526. The number of pyridine rings is 1. The van der Waals surface area contributed by atoms with E-state index < -0.39 is 0 Å². The van der Waals surface area contributed by atoms with Crippen LogP contribution in [0.3, 0.4) is 0 Å². The Morgan fingerprint density at radius 3 is 2.35 bits per heavy atom. The normalized spacial score (nSPS) is 11.8. The molecule has 2 aromatic rings. The molecule has 0 saturated heterocycles. The second-order valence-corrected chi connectivity index (χ2v) is 4.24. The maximum atomic E-state index is 9.52. The Kier molecular flexibility index (Phi) is 4.79. The van der Waals surface area contributed by atoms with Gasteiger partial charge < -0.3 is 19.9 Å². The molecular formula is C15H18N2O3. The molecule has 0 aliphatic carbocycles. The predicted octanol–water partition coefficient (Wildman–Crippen LogP) is 2.24. The number of aliphatic hydroxyl groups excluding tert-OH is 1. The minimum atomic E-state index is -0.221. The van der Waals surface area contributed by atoms with Crippen molar-refractivity contribution >= 4 is 5.69 Å². The van der Waals surface area contributed by atoms with Gasteiger partial charge in [-0.25, -0.2) is 4.98 Å². The largest absolute Gasteiger partial charge is 0.497 e. The van der Waals surface area contributed by atoms with E-state index in [4.69, 9.17) is 9.47 Å². The van der Waals surface area contributed by atoms with Crippen LogP contribution in [0.4, 0.5) is 5.69 Å². The fourth-order valence-corrected chi connectivity index (χ4v) is 1.84. The van der Waals surface area contributed by atoms with Crippen LogP contribution in [-0.2, 0) is 0 Å². The van der Waals surface area contributed by atoms with Crippen molar-refractivity contribution in [3.05, 3.63) is 48.2 Å². The zero-order valence-corrected chi connectivity index (χ0v) is 11.5. The number of aliphatic hydroxyl groups is 1. The Morgan fingerprint density at radius 2 is 1.85 bits per heavy atom. The average molecular weight is 274 g/mol. The highest BCUT2D eigenvalue weighted by atomic mass is 16.5. The minimum Gasteiger partial charge on any atom is -0.497 e. The summed E-state index contributed by atoms with van der Waals surface area (Å²) in [6, 6.07) is 11.0. The molecule has 0 saturated carbocycles. The molecule has 1 heterocycles. The molecule has 1 aromatic carbocycles. The second-order valence-electron chi connectivity index (χ2n) is 4.24. The third kappa shape index (κ3) is 3.39. The first-order valence-electron chi connectivity index (χ1n) is 6.28. The maximum Gasteiger partial charge on any atom is 0.212 e. The molecule has 0 radical (unpaired) electrons. The van der Waals surface area contributed by atoms with Gasteiger partial charge in [0, 0.05) is 18.0 Å². The molecule has 0 aliphatic heterocycles. The molecule has 0 aliphatic rings. The van der Waals surface area contributed by atoms with E-state index in [2.05, 4.69) is 10.3 Å². The van der Waals surface area contributed by atoms with Gasteiger partial charge in [-0.2, -0.15) is 0 Å². The van der Waals surface area contributed by atoms with Crippen LogP contribution in [0.25, 0.3) is 0 Å². The smallest absolute Gasteiger partial charge is 0.212 e. The standard InChI is InChI=1S/C15H18N2O3/c1-19-13-6-4-12(5-7-13)17-14(10-18)11-3-8-15(20-2)16-9-11/h3-9,14,17-18H,10H2,1-2H3. The van der Waals surface area contributed by atoms with Crippen LogP contribution in [0.15, 0.2) is 42.6 Å². The monoisotopic (exact) mass is 274 g/mol. The molecule has 2 rings (SSSR count). The van der Waals surface area contributed by atoms with Crippen LogP contribution in [-0.4, -0.2) is 30.9 Å². The molecule has 0 spiro atoms. The van der Waals surface area contributed by atoms with E-state index in [1.54, 1.807) is 26.5 Å². The summed E-state index contributed by atoms with van der Waals surface area (Å²) in [4.78, 5) is 4.14. The summed E-state index contributed by atoms with van der Waals surface area (Å²) in [7, 11) is 3.20. The van der Waals surface area contributed by atoms with Gasteiger partial charge in [0.2, 0.25) is 5.88 Å². The van der Waals surface area contributed by atoms with Gasteiger partial charge in [0.25, 0.3) is 0 Å². The van der Waals surface area contributed by atoms with E-state index in [9.17, 15) is 5.11 Å². The van der Waals surface area contributed by atoms with Crippen molar-refractivity contribution in [2.24, 2.45) is 0 Å². The van der Waals surface area contributed by atoms with Gasteiger partial charge in [-0.1, -0.05) is 0 Å². The molecule has 0 bridgehead atoms. The van der Waals surface area contributed by atoms with Crippen molar-refractivity contribution in [2.75, 3.05) is 26.1 Å². The summed E-state index contributed by atoms with van der Waals surface area (Å²) >= 11 is 0. The topological polar surface area (TPSA) is 63.6 Å². The Labute approximate surface area is 118 Å². The van der Waals surface area contributed by atoms with E-state index >= 15 is 0 Å². The highest BCUT2D eigenvalue weighted by Crippen LogP contribution is 2.22. The van der Waals surface area contributed by atoms with Crippen molar-refractivity contribution in [1.82, 2.24) is 4.98 Å². The summed E-state index contributed by atoms with van der Waals surface area (Å²) in [6.07, 6.45) is 1.69. The Hall–Kier alpha value is -2.27. The third-order valence-corrected chi connectivity index (χ3v) is 2.98. The summed E-state index contributed by atoms with van der Waals surface area (Å²) in [5.41, 5.74) is 1.80. The molecule has 20 heavy (non-hydrogen) atoms. The fraction of sp³-hybridized carbons (Fsp3) is 0.267. The van der Waals surface area contributed by atoms with E-state index in [1.807, 2.05) is 30.3 Å². The predicted molar refractivity (Wildman–Crippen MR) is 77.2 cm³/mol. The number of nitrogens with zero attached hydrogens (tertiary/aromatic N) is 1. The zero-order valence-electron chi connectivity index (χ0n) is 11.5. The SMILES string of the molecule is COc1ccc(NC(CO)c2ccc(OC)nc2)cc1. The van der Waals surface area contributed by atoms with Crippen LogP contribution in [0.1, 0.15) is 11.6 Å². The highest BCUT2D eigenvalue weighted by Gasteiger charge is 2.11. The Balaban J connectivity index is 2.10. The molecule has 0 amide bonds. The molecule has 1 unspecified atom stereocenters. The molecule has 2 N–H and O–H groups in total. The van der Waals surface area contributed by atoms with Crippen LogP contribution >= 0.6 is 0 Å². The van der Waals surface area contributed by atoms with Gasteiger partial charge in [0.15, 0.2) is 0 Å². The van der Waals surface area contributed by atoms with Crippen LogP contribution in [0, 0.1) is 0 Å². The summed E-state index contributed by atoms with van der Waals surface area (Å²) < 4.78 is 10.1. The summed E-state index contributed by atoms with van der Waals surface area (Å²) in [6.45, 7) is -0.0277. The maximum absolute atomic E-state index is 9.52. The quantitative estimate of drug-likeness (QED) is 0.846. The van der Waals surface area contributed by atoms with Crippen LogP contribution < -0.4 is 14.8 Å². The number of nitrogens with one attached hydrogen (secondary N) is 1. The summed E-state index contributed by atoms with van der Waals surface area (Å²) in [5.74, 6) is 1.34. The lowest BCUT2D eigenvalue weighted by Gasteiger charge is -2.18. The molecule has 106 valence electrons. The van der Waals surface area contributed by atoms with Crippen molar-refractivity contribution in [2.45, 2.75) is 6.04 Å². The first kappa shape index (κ1) is 14.1. The van der Waals surface area contributed by atoms with Gasteiger partial charge in [-0.05, 0) is 35.9 Å². The molecule has 5 heteroatoms. The lowest BCUT2D eigenvalue weighted by atomic mass is 10.1. The van der Waals surface area contributed by atoms with Gasteiger partial charge in [0.05, 0.1) is 26.9 Å². The van der Waals surface area contributed by atoms with Crippen molar-refractivity contribution in [3.8, 4) is 11.6 Å². The average Bonchev–Trinajstić information content (AvgIpc) is 2.53. The van der Waals surface area contributed by atoms with Gasteiger partial charge >= 0.3 is 0 Å². The lowest BCUT2D eigenvalue weighted by molar-refractivity contribution is 0.276. The van der Waals surface area contributed by atoms with E-state index in [1.165, 1.54) is 0 Å². The molecule has 5 nitrogen and oxygen atoms in total. The number of hydrogen-bond acceptors (Lipinski definition) is 5. The van der Waals surface area contributed by atoms with Crippen LogP contribution in [0.2, 0.25) is 0 Å². The number of aromatic nitrogens is 1. The van der Waals surface area contributed by atoms with Crippen molar-refractivity contribution < 1.29 is 14.6 Å². The molecule has 1 atom stereocenters. The van der Waals surface area contributed by atoms with Crippen LogP contribution in [0.5, 0.6) is 11.6 Å². The molecule has 1 aromatic heterocycles. The van der Waals surface area contributed by atoms with Gasteiger partial charge in [-0.15, -0.1) is 0 Å². The minimum absolute atomic E-state index is 0.0277. The van der Waals surface area contributed by atoms with E-state index in [0.29, 0.717) is 5.88 Å². The molecular weight excluding hydrogens is 256 g/mol. The number of methoxy groups -OCH3 is 2. The number of rotatable bonds is 6. The number of anilines is 1. The summed E-state index contributed by atoms with van der Waals surface area (Å²) in [5, 5.41) is 12.8. The highest BCUT2D eigenvalue weighted by molar-refractivity contribution is 5.48. The van der Waals surface area contributed by atoms with Gasteiger partial charge in [-0.3, -0.25) is 0 Å². The fourth-order valence-electron chi connectivity index (χ4n) is 1.84. The van der Waals surface area contributed by atoms with Crippen molar-refractivity contribution in [3.63, 3.8) is 0 Å². The molecule has 0 fully saturated rings. The van der Waals surface area contributed by atoms with E-state index in [0.717, 1.165) is 17.0 Å². The van der Waals surface area contributed by atoms with Crippen molar-refractivity contribution in [1.29, 1.82) is 0 Å². The Morgan fingerprint density at radius 1 is 1.10 bits per heavy atom. The third-order valence-electron chi connectivity index (χ3n) is 2.98. The van der Waals surface area contributed by atoms with E-state index in [-0.39, 0.29) is 12.6 Å². The number of benzene rings is 1. The lowest BCUT2D eigenvalue weighted by Crippen LogP contribution is -2.15. The number of ether oxygens (including phenoxy) is 2. The second kappa shape index (κ2) is 6.77. The zero-order chi connectivity index (χ0) is 14.4.